The van der Waals surface area contributed by atoms with Crippen molar-refractivity contribution < 1.29 is 13.9 Å². The summed E-state index contributed by atoms with van der Waals surface area (Å²) in [5.41, 5.74) is 4.10. The van der Waals surface area contributed by atoms with Gasteiger partial charge in [0.25, 0.3) is 0 Å². The number of benzene rings is 3. The van der Waals surface area contributed by atoms with E-state index >= 15 is 0 Å². The van der Waals surface area contributed by atoms with Crippen LogP contribution in [0.25, 0.3) is 22.1 Å². The van der Waals surface area contributed by atoms with Crippen LogP contribution in [0.2, 0.25) is 0 Å². The van der Waals surface area contributed by atoms with Crippen molar-refractivity contribution in [3.05, 3.63) is 94.3 Å². The van der Waals surface area contributed by atoms with Crippen LogP contribution in [0.15, 0.2) is 82.0 Å². The largest absolute Gasteiger partial charge is 0.497 e. The van der Waals surface area contributed by atoms with Crippen molar-refractivity contribution >= 4 is 11.0 Å². The lowest BCUT2D eigenvalue weighted by Gasteiger charge is -2.34. The van der Waals surface area contributed by atoms with Crippen molar-refractivity contribution in [2.75, 3.05) is 13.8 Å². The molecule has 3 aromatic carbocycles. The Balaban J connectivity index is 1.59. The Labute approximate surface area is 180 Å². The number of hydrogen-bond donors (Lipinski definition) is 0. The summed E-state index contributed by atoms with van der Waals surface area (Å²) in [7, 11) is 1.63. The second-order valence-corrected chi connectivity index (χ2v) is 7.73. The van der Waals surface area contributed by atoms with Crippen molar-refractivity contribution in [3.63, 3.8) is 0 Å². The smallest absolute Gasteiger partial charge is 0.336 e. The van der Waals surface area contributed by atoms with Crippen LogP contribution in [0.3, 0.4) is 0 Å². The maximum absolute atomic E-state index is 12.5. The van der Waals surface area contributed by atoms with Crippen LogP contribution < -0.4 is 15.1 Å². The minimum absolute atomic E-state index is 0.168. The summed E-state index contributed by atoms with van der Waals surface area (Å²) < 4.78 is 17.0. The summed E-state index contributed by atoms with van der Waals surface area (Å²) in [5.74, 6) is 1.53. The van der Waals surface area contributed by atoms with Gasteiger partial charge in [-0.05, 0) is 47.9 Å². The molecule has 5 nitrogen and oxygen atoms in total. The lowest BCUT2D eigenvalue weighted by molar-refractivity contribution is 0.0620. The zero-order chi connectivity index (χ0) is 21.4. The molecule has 0 radical (unpaired) electrons. The lowest BCUT2D eigenvalue weighted by atomic mass is 9.98. The summed E-state index contributed by atoms with van der Waals surface area (Å²) in [6.45, 7) is 3.28. The fourth-order valence-corrected chi connectivity index (χ4v) is 4.15. The van der Waals surface area contributed by atoms with E-state index in [0.29, 0.717) is 18.9 Å². The molecule has 0 spiro atoms. The quantitative estimate of drug-likeness (QED) is 0.420. The third-order valence-corrected chi connectivity index (χ3v) is 5.95. The zero-order valence-electron chi connectivity index (χ0n) is 17.5. The van der Waals surface area contributed by atoms with E-state index in [-0.39, 0.29) is 11.7 Å². The van der Waals surface area contributed by atoms with Crippen LogP contribution in [0.5, 0.6) is 11.5 Å². The highest BCUT2D eigenvalue weighted by molar-refractivity contribution is 5.95. The highest BCUT2D eigenvalue weighted by Gasteiger charge is 2.26. The van der Waals surface area contributed by atoms with E-state index in [0.717, 1.165) is 33.6 Å². The van der Waals surface area contributed by atoms with Gasteiger partial charge in [0, 0.05) is 24.0 Å². The van der Waals surface area contributed by atoms with Gasteiger partial charge in [-0.25, -0.2) is 4.79 Å². The van der Waals surface area contributed by atoms with Gasteiger partial charge in [0.2, 0.25) is 0 Å². The SMILES string of the molecule is COc1ccc(-c2cc(=O)oc3c4c(ccc23)OCN([C@H](C)c2ccccc2)C4)cc1. The highest BCUT2D eigenvalue weighted by Crippen LogP contribution is 2.38. The molecule has 0 saturated carbocycles. The van der Waals surface area contributed by atoms with Crippen molar-refractivity contribution in [1.82, 2.24) is 4.90 Å². The summed E-state index contributed by atoms with van der Waals surface area (Å²) in [6, 6.07) is 23.7. The molecule has 4 aromatic rings. The Morgan fingerprint density at radius 2 is 1.77 bits per heavy atom. The Morgan fingerprint density at radius 3 is 2.52 bits per heavy atom. The second-order valence-electron chi connectivity index (χ2n) is 7.73. The minimum atomic E-state index is -0.375. The molecule has 0 fully saturated rings. The van der Waals surface area contributed by atoms with Crippen LogP contribution in [0, 0.1) is 0 Å². The average Bonchev–Trinajstić information content (AvgIpc) is 2.83. The summed E-state index contributed by atoms with van der Waals surface area (Å²) in [4.78, 5) is 14.7. The molecule has 0 N–H and O–H groups in total. The Kier molecular flexibility index (Phi) is 4.96. The summed E-state index contributed by atoms with van der Waals surface area (Å²) >= 11 is 0. The summed E-state index contributed by atoms with van der Waals surface area (Å²) in [6.07, 6.45) is 0. The molecule has 1 aliphatic rings. The van der Waals surface area contributed by atoms with Crippen LogP contribution in [0.4, 0.5) is 0 Å². The molecule has 5 heteroatoms. The fourth-order valence-electron chi connectivity index (χ4n) is 4.15. The highest BCUT2D eigenvalue weighted by atomic mass is 16.5. The predicted molar refractivity (Wildman–Crippen MR) is 120 cm³/mol. The van der Waals surface area contributed by atoms with Gasteiger partial charge in [0.15, 0.2) is 0 Å². The van der Waals surface area contributed by atoms with Crippen LogP contribution in [0.1, 0.15) is 24.1 Å². The molecule has 5 rings (SSSR count). The van der Waals surface area contributed by atoms with Gasteiger partial charge >= 0.3 is 5.63 Å². The normalized spacial score (nSPS) is 14.6. The van der Waals surface area contributed by atoms with Crippen molar-refractivity contribution in [2.45, 2.75) is 19.5 Å². The van der Waals surface area contributed by atoms with Crippen LogP contribution in [-0.4, -0.2) is 18.7 Å². The number of nitrogens with zero attached hydrogens (tertiary/aromatic N) is 1. The van der Waals surface area contributed by atoms with Gasteiger partial charge in [-0.3, -0.25) is 4.90 Å². The van der Waals surface area contributed by atoms with Gasteiger partial charge in [0.05, 0.1) is 12.7 Å². The summed E-state index contributed by atoms with van der Waals surface area (Å²) in [5, 5.41) is 0.890. The van der Waals surface area contributed by atoms with E-state index < -0.39 is 0 Å². The van der Waals surface area contributed by atoms with Crippen LogP contribution in [-0.2, 0) is 6.54 Å². The van der Waals surface area contributed by atoms with Gasteiger partial charge < -0.3 is 13.9 Å². The number of ether oxygens (including phenoxy) is 2. The number of methoxy groups -OCH3 is 1. The predicted octanol–water partition coefficient (Wildman–Crippen LogP) is 5.38. The first-order valence-electron chi connectivity index (χ1n) is 10.3. The molecular formula is C26H23NO4. The van der Waals surface area contributed by atoms with E-state index in [9.17, 15) is 4.79 Å². The number of rotatable bonds is 4. The van der Waals surface area contributed by atoms with Gasteiger partial charge in [-0.1, -0.05) is 42.5 Å². The molecule has 31 heavy (non-hydrogen) atoms. The molecule has 0 bridgehead atoms. The Hall–Kier alpha value is -3.57. The zero-order valence-corrected chi connectivity index (χ0v) is 17.5. The van der Waals surface area contributed by atoms with Gasteiger partial charge in [-0.15, -0.1) is 0 Å². The number of hydrogen-bond acceptors (Lipinski definition) is 5. The fraction of sp³-hybridized carbons (Fsp3) is 0.192. The first kappa shape index (κ1) is 19.4. The standard InChI is InChI=1S/C26H23NO4/c1-17(18-6-4-3-5-7-18)27-15-23-24(30-16-27)13-12-21-22(14-25(28)31-26(21)23)19-8-10-20(29-2)11-9-19/h3-14,17H,15-16H2,1-2H3/t17-/m1/s1. The number of fused-ring (bicyclic) bond motifs is 3. The molecule has 156 valence electrons. The molecule has 0 aliphatic carbocycles. The first-order chi connectivity index (χ1) is 15.1. The Morgan fingerprint density at radius 1 is 1.00 bits per heavy atom. The molecule has 1 aromatic heterocycles. The molecule has 1 atom stereocenters. The van der Waals surface area contributed by atoms with Crippen molar-refractivity contribution in [3.8, 4) is 22.6 Å². The molecule has 2 heterocycles. The molecule has 0 unspecified atom stereocenters. The van der Waals surface area contributed by atoms with Gasteiger partial charge in [0.1, 0.15) is 23.8 Å². The monoisotopic (exact) mass is 413 g/mol. The van der Waals surface area contributed by atoms with E-state index in [4.69, 9.17) is 13.9 Å². The van der Waals surface area contributed by atoms with Crippen LogP contribution >= 0.6 is 0 Å². The third kappa shape index (κ3) is 3.57. The van der Waals surface area contributed by atoms with E-state index in [1.54, 1.807) is 13.2 Å². The van der Waals surface area contributed by atoms with E-state index in [2.05, 4.69) is 24.0 Å². The second kappa shape index (κ2) is 7.93. The van der Waals surface area contributed by atoms with Crippen molar-refractivity contribution in [1.29, 1.82) is 0 Å². The van der Waals surface area contributed by atoms with Crippen molar-refractivity contribution in [2.24, 2.45) is 0 Å². The topological polar surface area (TPSA) is 51.9 Å². The third-order valence-electron chi connectivity index (χ3n) is 5.95. The maximum Gasteiger partial charge on any atom is 0.336 e. The maximum atomic E-state index is 12.5. The minimum Gasteiger partial charge on any atom is -0.497 e. The van der Waals surface area contributed by atoms with E-state index in [1.807, 2.05) is 54.6 Å². The van der Waals surface area contributed by atoms with Gasteiger partial charge in [-0.2, -0.15) is 0 Å². The van der Waals surface area contributed by atoms with E-state index in [1.165, 1.54) is 5.56 Å². The molecule has 1 aliphatic heterocycles. The molecule has 0 saturated heterocycles. The molecular weight excluding hydrogens is 390 g/mol. The molecule has 0 amide bonds. The Bertz CT molecular complexity index is 1280. The lowest BCUT2D eigenvalue weighted by Crippen LogP contribution is -2.34. The first-order valence-corrected chi connectivity index (χ1v) is 10.3. The average molecular weight is 413 g/mol.